The molecular formula is C13H16ClNO3. The molecule has 1 aromatic carbocycles. The van der Waals surface area contributed by atoms with Gasteiger partial charge in [0, 0.05) is 16.6 Å². The lowest BCUT2D eigenvalue weighted by molar-refractivity contribution is -0.141. The molecular weight excluding hydrogens is 254 g/mol. The smallest absolute Gasteiger partial charge is 0.325 e. The van der Waals surface area contributed by atoms with Crippen molar-refractivity contribution in [2.75, 3.05) is 13.7 Å². The van der Waals surface area contributed by atoms with E-state index in [9.17, 15) is 9.59 Å². The van der Waals surface area contributed by atoms with Crippen LogP contribution in [-0.2, 0) is 9.53 Å². The van der Waals surface area contributed by atoms with Crippen LogP contribution in [-0.4, -0.2) is 36.5 Å². The molecule has 5 heteroatoms. The number of carbonyl (C=O) groups excluding carboxylic acids is 2. The maximum Gasteiger partial charge on any atom is 0.325 e. The summed E-state index contributed by atoms with van der Waals surface area (Å²) in [6.45, 7) is 3.63. The van der Waals surface area contributed by atoms with Gasteiger partial charge in [-0.15, -0.1) is 0 Å². The van der Waals surface area contributed by atoms with Gasteiger partial charge in [-0.05, 0) is 38.1 Å². The Morgan fingerprint density at radius 2 is 1.83 bits per heavy atom. The highest BCUT2D eigenvalue weighted by molar-refractivity contribution is 6.30. The van der Waals surface area contributed by atoms with Gasteiger partial charge in [-0.25, -0.2) is 0 Å². The van der Waals surface area contributed by atoms with E-state index in [1.165, 1.54) is 12.0 Å². The van der Waals surface area contributed by atoms with Crippen LogP contribution in [0.1, 0.15) is 24.2 Å². The van der Waals surface area contributed by atoms with Gasteiger partial charge in [-0.2, -0.15) is 0 Å². The molecule has 4 nitrogen and oxygen atoms in total. The first kappa shape index (κ1) is 14.5. The molecule has 1 amide bonds. The van der Waals surface area contributed by atoms with Gasteiger partial charge in [-0.1, -0.05) is 11.6 Å². The summed E-state index contributed by atoms with van der Waals surface area (Å²) in [6, 6.07) is 6.47. The fourth-order valence-electron chi connectivity index (χ4n) is 1.45. The van der Waals surface area contributed by atoms with Gasteiger partial charge in [0.2, 0.25) is 0 Å². The van der Waals surface area contributed by atoms with E-state index in [2.05, 4.69) is 4.74 Å². The predicted molar refractivity (Wildman–Crippen MR) is 69.6 cm³/mol. The number of benzene rings is 1. The molecule has 0 heterocycles. The molecule has 98 valence electrons. The number of hydrogen-bond acceptors (Lipinski definition) is 3. The number of nitrogens with zero attached hydrogens (tertiary/aromatic N) is 1. The van der Waals surface area contributed by atoms with Gasteiger partial charge in [0.1, 0.15) is 6.54 Å². The topological polar surface area (TPSA) is 46.6 Å². The maximum absolute atomic E-state index is 12.2. The van der Waals surface area contributed by atoms with Gasteiger partial charge in [0.25, 0.3) is 5.91 Å². The Bertz CT molecular complexity index is 428. The molecule has 0 aliphatic rings. The first-order valence-corrected chi connectivity index (χ1v) is 5.97. The zero-order valence-electron chi connectivity index (χ0n) is 10.6. The number of hydrogen-bond donors (Lipinski definition) is 0. The Morgan fingerprint density at radius 3 is 2.28 bits per heavy atom. The van der Waals surface area contributed by atoms with Crippen LogP contribution in [0, 0.1) is 0 Å². The third-order valence-corrected chi connectivity index (χ3v) is 2.75. The Kier molecular flexibility index (Phi) is 5.16. The standard InChI is InChI=1S/C13H16ClNO3/c1-9(2)15(8-12(16)18-3)13(17)10-4-6-11(14)7-5-10/h4-7,9H,8H2,1-3H3. The van der Waals surface area contributed by atoms with E-state index in [-0.39, 0.29) is 18.5 Å². The summed E-state index contributed by atoms with van der Waals surface area (Å²) in [6.07, 6.45) is 0. The third kappa shape index (κ3) is 3.74. The zero-order chi connectivity index (χ0) is 13.7. The molecule has 0 aliphatic heterocycles. The van der Waals surface area contributed by atoms with Crippen molar-refractivity contribution in [1.29, 1.82) is 0 Å². The average Bonchev–Trinajstić information content (AvgIpc) is 2.35. The van der Waals surface area contributed by atoms with E-state index >= 15 is 0 Å². The minimum absolute atomic E-state index is 0.0599. The van der Waals surface area contributed by atoms with Gasteiger partial charge in [0.05, 0.1) is 7.11 Å². The number of halogens is 1. The van der Waals surface area contributed by atoms with Crippen molar-refractivity contribution in [2.45, 2.75) is 19.9 Å². The molecule has 0 unspecified atom stereocenters. The molecule has 18 heavy (non-hydrogen) atoms. The number of carbonyl (C=O) groups is 2. The minimum atomic E-state index is -0.439. The molecule has 0 aliphatic carbocycles. The fourth-order valence-corrected chi connectivity index (χ4v) is 1.58. The fraction of sp³-hybridized carbons (Fsp3) is 0.385. The zero-order valence-corrected chi connectivity index (χ0v) is 11.4. The van der Waals surface area contributed by atoms with Crippen molar-refractivity contribution >= 4 is 23.5 Å². The minimum Gasteiger partial charge on any atom is -0.468 e. The number of ether oxygens (including phenoxy) is 1. The van der Waals surface area contributed by atoms with Crippen LogP contribution in [0.2, 0.25) is 5.02 Å². The Balaban J connectivity index is 2.89. The molecule has 0 saturated heterocycles. The number of methoxy groups -OCH3 is 1. The molecule has 0 spiro atoms. The third-order valence-electron chi connectivity index (χ3n) is 2.50. The van der Waals surface area contributed by atoms with E-state index in [4.69, 9.17) is 11.6 Å². The first-order valence-electron chi connectivity index (χ1n) is 5.59. The van der Waals surface area contributed by atoms with Crippen molar-refractivity contribution in [3.05, 3.63) is 34.9 Å². The van der Waals surface area contributed by atoms with Crippen molar-refractivity contribution in [2.24, 2.45) is 0 Å². The molecule has 1 aromatic rings. The summed E-state index contributed by atoms with van der Waals surface area (Å²) in [7, 11) is 1.30. The molecule has 0 atom stereocenters. The summed E-state index contributed by atoms with van der Waals surface area (Å²) >= 11 is 5.77. The second-order valence-electron chi connectivity index (χ2n) is 4.11. The van der Waals surface area contributed by atoms with Crippen LogP contribution in [0.5, 0.6) is 0 Å². The largest absolute Gasteiger partial charge is 0.468 e. The van der Waals surface area contributed by atoms with Crippen LogP contribution < -0.4 is 0 Å². The van der Waals surface area contributed by atoms with E-state index in [1.54, 1.807) is 24.3 Å². The highest BCUT2D eigenvalue weighted by Gasteiger charge is 2.21. The van der Waals surface area contributed by atoms with E-state index in [0.29, 0.717) is 10.6 Å². The quantitative estimate of drug-likeness (QED) is 0.789. The number of rotatable bonds is 4. The lowest BCUT2D eigenvalue weighted by Crippen LogP contribution is -2.41. The van der Waals surface area contributed by atoms with Crippen molar-refractivity contribution in [1.82, 2.24) is 4.90 Å². The van der Waals surface area contributed by atoms with Gasteiger partial charge >= 0.3 is 5.97 Å². The maximum atomic E-state index is 12.2. The summed E-state index contributed by atoms with van der Waals surface area (Å²) in [5.74, 6) is -0.655. The van der Waals surface area contributed by atoms with E-state index < -0.39 is 5.97 Å². The van der Waals surface area contributed by atoms with Crippen LogP contribution in [0.4, 0.5) is 0 Å². The lowest BCUT2D eigenvalue weighted by Gasteiger charge is -2.25. The molecule has 1 rings (SSSR count). The summed E-state index contributed by atoms with van der Waals surface area (Å²) in [5.41, 5.74) is 0.497. The van der Waals surface area contributed by atoms with Crippen molar-refractivity contribution in [3.63, 3.8) is 0 Å². The SMILES string of the molecule is COC(=O)CN(C(=O)c1ccc(Cl)cc1)C(C)C. The van der Waals surface area contributed by atoms with Gasteiger partial charge in [-0.3, -0.25) is 9.59 Å². The average molecular weight is 270 g/mol. The lowest BCUT2D eigenvalue weighted by atomic mass is 10.1. The second kappa shape index (κ2) is 6.40. The molecule has 0 saturated carbocycles. The highest BCUT2D eigenvalue weighted by Crippen LogP contribution is 2.13. The Labute approximate surface area is 111 Å². The molecule has 0 fully saturated rings. The van der Waals surface area contributed by atoms with Crippen molar-refractivity contribution in [3.8, 4) is 0 Å². The van der Waals surface area contributed by atoms with Gasteiger partial charge in [0.15, 0.2) is 0 Å². The Hall–Kier alpha value is -1.55. The number of esters is 1. The predicted octanol–water partition coefficient (Wildman–Crippen LogP) is 2.36. The summed E-state index contributed by atoms with van der Waals surface area (Å²) < 4.78 is 4.58. The summed E-state index contributed by atoms with van der Waals surface area (Å²) in [5, 5.41) is 0.565. The molecule has 0 aromatic heterocycles. The first-order chi connectivity index (χ1) is 8.45. The molecule has 0 radical (unpaired) electrons. The van der Waals surface area contributed by atoms with E-state index in [1.807, 2.05) is 13.8 Å². The normalized spacial score (nSPS) is 10.3. The van der Waals surface area contributed by atoms with Gasteiger partial charge < -0.3 is 9.64 Å². The van der Waals surface area contributed by atoms with Crippen LogP contribution in [0.15, 0.2) is 24.3 Å². The van der Waals surface area contributed by atoms with Crippen molar-refractivity contribution < 1.29 is 14.3 Å². The monoisotopic (exact) mass is 269 g/mol. The Morgan fingerprint density at radius 1 is 1.28 bits per heavy atom. The van der Waals surface area contributed by atoms with E-state index in [0.717, 1.165) is 0 Å². The van der Waals surface area contributed by atoms with Crippen LogP contribution in [0.25, 0.3) is 0 Å². The number of amides is 1. The van der Waals surface area contributed by atoms with Crippen LogP contribution in [0.3, 0.4) is 0 Å². The molecule has 0 bridgehead atoms. The second-order valence-corrected chi connectivity index (χ2v) is 4.55. The highest BCUT2D eigenvalue weighted by atomic mass is 35.5. The van der Waals surface area contributed by atoms with Crippen LogP contribution >= 0.6 is 11.6 Å². The molecule has 0 N–H and O–H groups in total. The summed E-state index contributed by atoms with van der Waals surface area (Å²) in [4.78, 5) is 25.0.